The zero-order chi connectivity index (χ0) is 14.5. The van der Waals surface area contributed by atoms with Crippen molar-refractivity contribution in [2.75, 3.05) is 18.4 Å². The Morgan fingerprint density at radius 2 is 2.05 bits per heavy atom. The Labute approximate surface area is 124 Å². The Morgan fingerprint density at radius 3 is 2.76 bits per heavy atom. The highest BCUT2D eigenvalue weighted by molar-refractivity contribution is 5.44. The number of aromatic nitrogens is 1. The number of piperidine rings is 1. The van der Waals surface area contributed by atoms with Crippen molar-refractivity contribution in [3.63, 3.8) is 0 Å². The molecule has 0 atom stereocenters. The summed E-state index contributed by atoms with van der Waals surface area (Å²) < 4.78 is 13.2. The predicted molar refractivity (Wildman–Crippen MR) is 82.6 cm³/mol. The lowest BCUT2D eigenvalue weighted by molar-refractivity contribution is 0.211. The van der Waals surface area contributed by atoms with Crippen molar-refractivity contribution in [1.29, 1.82) is 0 Å². The Morgan fingerprint density at radius 1 is 1.19 bits per heavy atom. The van der Waals surface area contributed by atoms with Gasteiger partial charge < -0.3 is 5.32 Å². The third-order valence-corrected chi connectivity index (χ3v) is 3.91. The molecule has 0 spiro atoms. The molecule has 2 heterocycles. The van der Waals surface area contributed by atoms with E-state index in [1.165, 1.54) is 11.6 Å². The highest BCUT2D eigenvalue weighted by Crippen LogP contribution is 2.18. The van der Waals surface area contributed by atoms with Gasteiger partial charge in [0.1, 0.15) is 5.82 Å². The summed E-state index contributed by atoms with van der Waals surface area (Å²) in [5.74, 6) is -0.186. The molecular weight excluding hydrogens is 265 g/mol. The summed E-state index contributed by atoms with van der Waals surface area (Å²) in [6.45, 7) is 3.07. The zero-order valence-corrected chi connectivity index (χ0v) is 12.0. The SMILES string of the molecule is Fc1cccc(NC2CCN(Cc3cccnc3)CC2)c1. The number of anilines is 1. The van der Waals surface area contributed by atoms with Crippen LogP contribution in [0.15, 0.2) is 48.8 Å². The second-order valence-corrected chi connectivity index (χ2v) is 5.57. The van der Waals surface area contributed by atoms with Gasteiger partial charge in [0.15, 0.2) is 0 Å². The van der Waals surface area contributed by atoms with E-state index in [1.54, 1.807) is 18.3 Å². The molecule has 0 amide bonds. The van der Waals surface area contributed by atoms with Crippen molar-refractivity contribution in [2.45, 2.75) is 25.4 Å². The Bertz CT molecular complexity index is 565. The van der Waals surface area contributed by atoms with Gasteiger partial charge in [-0.1, -0.05) is 12.1 Å². The van der Waals surface area contributed by atoms with Gasteiger partial charge in [0.25, 0.3) is 0 Å². The summed E-state index contributed by atoms with van der Waals surface area (Å²) in [7, 11) is 0. The Kier molecular flexibility index (Phi) is 4.46. The van der Waals surface area contributed by atoms with Crippen LogP contribution in [-0.2, 0) is 6.54 Å². The standard InChI is InChI=1S/C17H20FN3/c18-15-4-1-5-17(11-15)20-16-6-9-21(10-7-16)13-14-3-2-8-19-12-14/h1-5,8,11-12,16,20H,6-7,9-10,13H2. The van der Waals surface area contributed by atoms with Gasteiger partial charge in [-0.2, -0.15) is 0 Å². The molecule has 0 radical (unpaired) electrons. The summed E-state index contributed by atoms with van der Waals surface area (Å²) in [5, 5.41) is 3.43. The summed E-state index contributed by atoms with van der Waals surface area (Å²) in [4.78, 5) is 6.60. The maximum atomic E-state index is 13.2. The average molecular weight is 285 g/mol. The van der Waals surface area contributed by atoms with E-state index in [2.05, 4.69) is 21.3 Å². The molecule has 1 aliphatic rings. The molecule has 1 saturated heterocycles. The first-order valence-corrected chi connectivity index (χ1v) is 7.43. The molecule has 21 heavy (non-hydrogen) atoms. The number of hydrogen-bond donors (Lipinski definition) is 1. The quantitative estimate of drug-likeness (QED) is 0.934. The number of likely N-dealkylation sites (tertiary alicyclic amines) is 1. The van der Waals surface area contributed by atoms with E-state index in [0.717, 1.165) is 38.2 Å². The second-order valence-electron chi connectivity index (χ2n) is 5.57. The first kappa shape index (κ1) is 14.0. The van der Waals surface area contributed by atoms with Gasteiger partial charge in [0, 0.05) is 43.8 Å². The van der Waals surface area contributed by atoms with Crippen LogP contribution in [0.1, 0.15) is 18.4 Å². The molecule has 0 bridgehead atoms. The van der Waals surface area contributed by atoms with Crippen LogP contribution >= 0.6 is 0 Å². The van der Waals surface area contributed by atoms with E-state index in [1.807, 2.05) is 18.3 Å². The van der Waals surface area contributed by atoms with Crippen LogP contribution < -0.4 is 5.32 Å². The molecular formula is C17H20FN3. The number of hydrogen-bond acceptors (Lipinski definition) is 3. The fourth-order valence-corrected chi connectivity index (χ4v) is 2.80. The Hall–Kier alpha value is -1.94. The molecule has 1 fully saturated rings. The lowest BCUT2D eigenvalue weighted by Crippen LogP contribution is -2.38. The molecule has 1 aromatic carbocycles. The summed E-state index contributed by atoms with van der Waals surface area (Å²) in [6.07, 6.45) is 5.89. The number of halogens is 1. The van der Waals surface area contributed by atoms with E-state index >= 15 is 0 Å². The molecule has 0 unspecified atom stereocenters. The fraction of sp³-hybridized carbons (Fsp3) is 0.353. The molecule has 0 aliphatic carbocycles. The minimum Gasteiger partial charge on any atom is -0.382 e. The van der Waals surface area contributed by atoms with Crippen molar-refractivity contribution < 1.29 is 4.39 Å². The van der Waals surface area contributed by atoms with Gasteiger partial charge in [-0.3, -0.25) is 9.88 Å². The average Bonchev–Trinajstić information content (AvgIpc) is 2.50. The first-order valence-electron chi connectivity index (χ1n) is 7.43. The van der Waals surface area contributed by atoms with Gasteiger partial charge in [-0.25, -0.2) is 4.39 Å². The van der Waals surface area contributed by atoms with Crippen molar-refractivity contribution in [3.05, 3.63) is 60.2 Å². The third kappa shape index (κ3) is 4.02. The van der Waals surface area contributed by atoms with E-state index in [-0.39, 0.29) is 5.82 Å². The maximum Gasteiger partial charge on any atom is 0.125 e. The topological polar surface area (TPSA) is 28.2 Å². The largest absolute Gasteiger partial charge is 0.382 e. The summed E-state index contributed by atoms with van der Waals surface area (Å²) >= 11 is 0. The summed E-state index contributed by atoms with van der Waals surface area (Å²) in [6, 6.07) is 11.2. The van der Waals surface area contributed by atoms with Gasteiger partial charge in [0.2, 0.25) is 0 Å². The van der Waals surface area contributed by atoms with Crippen molar-refractivity contribution in [2.24, 2.45) is 0 Å². The minimum absolute atomic E-state index is 0.186. The number of nitrogens with zero attached hydrogens (tertiary/aromatic N) is 2. The smallest absolute Gasteiger partial charge is 0.125 e. The highest BCUT2D eigenvalue weighted by Gasteiger charge is 2.19. The predicted octanol–water partition coefficient (Wildman–Crippen LogP) is 3.30. The second kappa shape index (κ2) is 6.68. The molecule has 1 aromatic heterocycles. The van der Waals surface area contributed by atoms with E-state index in [0.29, 0.717) is 6.04 Å². The Balaban J connectivity index is 1.49. The highest BCUT2D eigenvalue weighted by atomic mass is 19.1. The fourth-order valence-electron chi connectivity index (χ4n) is 2.80. The van der Waals surface area contributed by atoms with E-state index in [4.69, 9.17) is 0 Å². The normalized spacial score (nSPS) is 16.8. The molecule has 4 heteroatoms. The first-order chi connectivity index (χ1) is 10.3. The lowest BCUT2D eigenvalue weighted by Gasteiger charge is -2.32. The molecule has 1 aliphatic heterocycles. The molecule has 1 N–H and O–H groups in total. The zero-order valence-electron chi connectivity index (χ0n) is 12.0. The molecule has 3 nitrogen and oxygen atoms in total. The number of rotatable bonds is 4. The third-order valence-electron chi connectivity index (χ3n) is 3.91. The van der Waals surface area contributed by atoms with Gasteiger partial charge in [0.05, 0.1) is 0 Å². The number of pyridine rings is 1. The van der Waals surface area contributed by atoms with E-state index in [9.17, 15) is 4.39 Å². The number of benzene rings is 1. The molecule has 110 valence electrons. The molecule has 2 aromatic rings. The van der Waals surface area contributed by atoms with Gasteiger partial charge in [-0.05, 0) is 42.7 Å². The summed E-state index contributed by atoms with van der Waals surface area (Å²) in [5.41, 5.74) is 2.13. The lowest BCUT2D eigenvalue weighted by atomic mass is 10.0. The maximum absolute atomic E-state index is 13.2. The van der Waals surface area contributed by atoms with Crippen LogP contribution in [0.4, 0.5) is 10.1 Å². The van der Waals surface area contributed by atoms with E-state index < -0.39 is 0 Å². The van der Waals surface area contributed by atoms with Crippen LogP contribution in [-0.4, -0.2) is 29.0 Å². The number of nitrogens with one attached hydrogen (secondary N) is 1. The van der Waals surface area contributed by atoms with Crippen LogP contribution in [0.25, 0.3) is 0 Å². The molecule has 3 rings (SSSR count). The van der Waals surface area contributed by atoms with Crippen molar-refractivity contribution in [1.82, 2.24) is 9.88 Å². The van der Waals surface area contributed by atoms with Gasteiger partial charge >= 0.3 is 0 Å². The monoisotopic (exact) mass is 285 g/mol. The van der Waals surface area contributed by atoms with Crippen LogP contribution in [0.5, 0.6) is 0 Å². The minimum atomic E-state index is -0.186. The van der Waals surface area contributed by atoms with Gasteiger partial charge in [-0.15, -0.1) is 0 Å². The van der Waals surface area contributed by atoms with Crippen LogP contribution in [0.2, 0.25) is 0 Å². The van der Waals surface area contributed by atoms with Crippen molar-refractivity contribution in [3.8, 4) is 0 Å². The van der Waals surface area contributed by atoms with Crippen molar-refractivity contribution >= 4 is 5.69 Å². The molecule has 0 saturated carbocycles. The van der Waals surface area contributed by atoms with Crippen LogP contribution in [0.3, 0.4) is 0 Å². The van der Waals surface area contributed by atoms with Crippen LogP contribution in [0, 0.1) is 5.82 Å².